The lowest BCUT2D eigenvalue weighted by Gasteiger charge is -2.23. The molecule has 4 aromatic carbocycles. The Kier molecular flexibility index (Phi) is 7.35. The molecule has 0 atom stereocenters. The molecule has 2 aromatic heterocycles. The summed E-state index contributed by atoms with van der Waals surface area (Å²) in [6.45, 7) is 15.8. The van der Waals surface area contributed by atoms with Gasteiger partial charge in [-0.1, -0.05) is 97.0 Å². The Bertz CT molecular complexity index is 2080. The number of hydrogen-bond acceptors (Lipinski definition) is 3. The molecule has 0 radical (unpaired) electrons. The van der Waals surface area contributed by atoms with Crippen molar-refractivity contribution in [2.75, 3.05) is 0 Å². The quantitative estimate of drug-likeness (QED) is 0.213. The second-order valence-corrected chi connectivity index (χ2v) is 14.4. The summed E-state index contributed by atoms with van der Waals surface area (Å²) in [5.74, 6) is 1.88. The Morgan fingerprint density at radius 2 is 1.48 bits per heavy atom. The highest BCUT2D eigenvalue weighted by Crippen LogP contribution is 2.43. The van der Waals surface area contributed by atoms with Crippen LogP contribution in [0, 0.1) is 0 Å². The minimum atomic E-state index is -0.0346. The van der Waals surface area contributed by atoms with Gasteiger partial charge in [-0.25, -0.2) is 4.98 Å². The van der Waals surface area contributed by atoms with E-state index in [0.29, 0.717) is 17.6 Å². The number of nitrogens with zero attached hydrogens (tertiary/aromatic N) is 3. The number of benzene rings is 4. The molecule has 0 saturated heterocycles. The van der Waals surface area contributed by atoms with E-state index in [4.69, 9.17) is 9.97 Å². The first kappa shape index (κ1) is 30.0. The number of rotatable bonds is 5. The molecule has 1 N–H and O–H groups in total. The zero-order chi connectivity index (χ0) is 32.3. The lowest BCUT2D eigenvalue weighted by molar-refractivity contribution is 0.476. The molecule has 232 valence electrons. The summed E-state index contributed by atoms with van der Waals surface area (Å²) >= 11 is 0. The van der Waals surface area contributed by atoms with Crippen molar-refractivity contribution in [3.63, 3.8) is 0 Å². The lowest BCUT2D eigenvalue weighted by atomic mass is 9.84. The molecule has 2 heterocycles. The van der Waals surface area contributed by atoms with Crippen molar-refractivity contribution >= 4 is 10.9 Å². The second-order valence-electron chi connectivity index (χ2n) is 14.4. The van der Waals surface area contributed by atoms with Gasteiger partial charge in [0.25, 0.3) is 0 Å². The minimum absolute atomic E-state index is 0.0346. The van der Waals surface area contributed by atoms with E-state index in [0.717, 1.165) is 57.5 Å². The van der Waals surface area contributed by atoms with Crippen molar-refractivity contribution < 1.29 is 5.11 Å². The standard InChI is InChI=1S/C42H43N3O/c1-25(2)32-13-9-14-33(26(3)4)40(32)45-24-36(35-23-31(42(5,6)7)21-29-12-10-20-43-39(29)35)44-41(45)30-19-17-27-16-18-28-11-8-15-37(46)38(28)34(27)22-30/h8-15,17,19-26,46H,16,18H2,1-7H3. The zero-order valence-electron chi connectivity index (χ0n) is 28.0. The SMILES string of the molecule is CC(C)c1cccc(C(C)C)c1-n1cc(-c2cc(C(C)(C)C)cc3cccnc23)nc1-c1ccc2c(c1)-c1c(O)cccc1CC2. The monoisotopic (exact) mass is 605 g/mol. The number of imidazole rings is 1. The van der Waals surface area contributed by atoms with Crippen LogP contribution in [-0.2, 0) is 18.3 Å². The maximum Gasteiger partial charge on any atom is 0.145 e. The van der Waals surface area contributed by atoms with E-state index >= 15 is 0 Å². The van der Waals surface area contributed by atoms with Gasteiger partial charge in [-0.3, -0.25) is 9.55 Å². The van der Waals surface area contributed by atoms with Crippen LogP contribution in [0.25, 0.3) is 50.4 Å². The molecule has 7 rings (SSSR count). The number of pyridine rings is 1. The van der Waals surface area contributed by atoms with Crippen LogP contribution in [-0.4, -0.2) is 19.6 Å². The minimum Gasteiger partial charge on any atom is -0.507 e. The molecule has 0 bridgehead atoms. The molecule has 46 heavy (non-hydrogen) atoms. The van der Waals surface area contributed by atoms with Gasteiger partial charge in [-0.05, 0) is 93.8 Å². The summed E-state index contributed by atoms with van der Waals surface area (Å²) < 4.78 is 2.33. The first-order valence-electron chi connectivity index (χ1n) is 16.6. The van der Waals surface area contributed by atoms with Crippen LogP contribution in [0.5, 0.6) is 5.75 Å². The normalized spacial score (nSPS) is 13.0. The molecule has 0 amide bonds. The van der Waals surface area contributed by atoms with Crippen LogP contribution < -0.4 is 0 Å². The van der Waals surface area contributed by atoms with Crippen LogP contribution in [0.15, 0.2) is 91.3 Å². The van der Waals surface area contributed by atoms with Crippen molar-refractivity contribution in [3.8, 4) is 45.2 Å². The highest BCUT2D eigenvalue weighted by Gasteiger charge is 2.25. The van der Waals surface area contributed by atoms with Crippen molar-refractivity contribution in [2.45, 2.75) is 78.6 Å². The van der Waals surface area contributed by atoms with E-state index in [-0.39, 0.29) is 5.41 Å². The predicted molar refractivity (Wildman–Crippen MR) is 191 cm³/mol. The molecule has 1 aliphatic rings. The highest BCUT2D eigenvalue weighted by atomic mass is 16.3. The van der Waals surface area contributed by atoms with Gasteiger partial charge in [0.05, 0.1) is 16.9 Å². The Morgan fingerprint density at radius 1 is 0.761 bits per heavy atom. The van der Waals surface area contributed by atoms with Gasteiger partial charge < -0.3 is 5.11 Å². The van der Waals surface area contributed by atoms with E-state index in [1.807, 2.05) is 18.3 Å². The van der Waals surface area contributed by atoms with E-state index in [1.165, 1.54) is 33.5 Å². The van der Waals surface area contributed by atoms with Gasteiger partial charge in [0, 0.05) is 34.5 Å². The van der Waals surface area contributed by atoms with Crippen LogP contribution in [0.4, 0.5) is 0 Å². The van der Waals surface area contributed by atoms with Crippen molar-refractivity contribution in [2.24, 2.45) is 0 Å². The summed E-state index contributed by atoms with van der Waals surface area (Å²) in [7, 11) is 0. The van der Waals surface area contributed by atoms with Gasteiger partial charge in [-0.2, -0.15) is 0 Å². The summed E-state index contributed by atoms with van der Waals surface area (Å²) in [5.41, 5.74) is 13.4. The fraction of sp³-hybridized carbons (Fsp3) is 0.286. The van der Waals surface area contributed by atoms with Crippen LogP contribution in [0.2, 0.25) is 0 Å². The van der Waals surface area contributed by atoms with E-state index in [2.05, 4.69) is 120 Å². The number of aryl methyl sites for hydroxylation is 2. The summed E-state index contributed by atoms with van der Waals surface area (Å²) in [6.07, 6.45) is 5.98. The van der Waals surface area contributed by atoms with E-state index < -0.39 is 0 Å². The molecule has 1 aliphatic carbocycles. The Morgan fingerprint density at radius 3 is 2.20 bits per heavy atom. The number of aromatic nitrogens is 3. The van der Waals surface area contributed by atoms with Gasteiger partial charge >= 0.3 is 0 Å². The topological polar surface area (TPSA) is 50.9 Å². The van der Waals surface area contributed by atoms with Crippen LogP contribution in [0.1, 0.15) is 88.1 Å². The summed E-state index contributed by atoms with van der Waals surface area (Å²) in [4.78, 5) is 10.4. The molecular weight excluding hydrogens is 562 g/mol. The molecule has 4 heteroatoms. The average molecular weight is 606 g/mol. The second kappa shape index (κ2) is 11.3. The van der Waals surface area contributed by atoms with E-state index in [1.54, 1.807) is 6.07 Å². The number of phenolic OH excluding ortho intramolecular Hbond substituents is 1. The van der Waals surface area contributed by atoms with E-state index in [9.17, 15) is 5.11 Å². The molecule has 0 aliphatic heterocycles. The van der Waals surface area contributed by atoms with Crippen LogP contribution in [0.3, 0.4) is 0 Å². The average Bonchev–Trinajstić information content (AvgIpc) is 3.48. The van der Waals surface area contributed by atoms with Crippen LogP contribution >= 0.6 is 0 Å². The third-order valence-electron chi connectivity index (χ3n) is 9.57. The number of hydrogen-bond donors (Lipinski definition) is 1. The van der Waals surface area contributed by atoms with Gasteiger partial charge in [0.15, 0.2) is 0 Å². The molecule has 0 saturated carbocycles. The first-order chi connectivity index (χ1) is 22.0. The Labute approximate surface area is 272 Å². The predicted octanol–water partition coefficient (Wildman–Crippen LogP) is 10.8. The molecule has 0 unspecified atom stereocenters. The van der Waals surface area contributed by atoms with Gasteiger partial charge in [0.2, 0.25) is 0 Å². The lowest BCUT2D eigenvalue weighted by Crippen LogP contribution is -2.11. The molecule has 4 nitrogen and oxygen atoms in total. The first-order valence-corrected chi connectivity index (χ1v) is 16.6. The molecule has 0 spiro atoms. The Hall–Kier alpha value is -4.70. The fourth-order valence-electron chi connectivity index (χ4n) is 7.04. The zero-order valence-corrected chi connectivity index (χ0v) is 28.0. The summed E-state index contributed by atoms with van der Waals surface area (Å²) in [5, 5.41) is 12.1. The third kappa shape index (κ3) is 5.10. The fourth-order valence-corrected chi connectivity index (χ4v) is 7.04. The number of fused-ring (bicyclic) bond motifs is 4. The van der Waals surface area contributed by atoms with Crippen molar-refractivity contribution in [1.29, 1.82) is 0 Å². The highest BCUT2D eigenvalue weighted by molar-refractivity contribution is 5.94. The van der Waals surface area contributed by atoms with Crippen molar-refractivity contribution in [3.05, 3.63) is 119 Å². The maximum absolute atomic E-state index is 11.0. The summed E-state index contributed by atoms with van der Waals surface area (Å²) in [6, 6.07) is 28.0. The third-order valence-corrected chi connectivity index (χ3v) is 9.57. The maximum atomic E-state index is 11.0. The van der Waals surface area contributed by atoms with Gasteiger partial charge in [-0.15, -0.1) is 0 Å². The molecule has 6 aromatic rings. The number of para-hydroxylation sites is 1. The number of phenols is 1. The largest absolute Gasteiger partial charge is 0.507 e. The molecule has 0 fully saturated rings. The van der Waals surface area contributed by atoms with Gasteiger partial charge in [0.1, 0.15) is 11.6 Å². The smallest absolute Gasteiger partial charge is 0.145 e. The Balaban J connectivity index is 1.55. The number of aromatic hydroxyl groups is 1. The molecular formula is C42H43N3O. The van der Waals surface area contributed by atoms with Crippen molar-refractivity contribution in [1.82, 2.24) is 14.5 Å².